The number of para-hydroxylation sites is 2. The minimum atomic E-state index is -0.590. The van der Waals surface area contributed by atoms with Crippen molar-refractivity contribution < 1.29 is 4.42 Å². The zero-order valence-electron chi connectivity index (χ0n) is 31.1. The third kappa shape index (κ3) is 4.47. The van der Waals surface area contributed by atoms with Gasteiger partial charge in [0.05, 0.1) is 22.2 Å². The molecule has 0 saturated heterocycles. The summed E-state index contributed by atoms with van der Waals surface area (Å²) >= 11 is 0. The van der Waals surface area contributed by atoms with Gasteiger partial charge in [0.25, 0.3) is 0 Å². The topological polar surface area (TPSA) is 16.4 Å². The van der Waals surface area contributed by atoms with Gasteiger partial charge in [-0.05, 0) is 97.6 Å². The molecule has 266 valence electrons. The van der Waals surface area contributed by atoms with E-state index < -0.39 is 5.41 Å². The van der Waals surface area contributed by atoms with Crippen molar-refractivity contribution in [1.82, 2.24) is 0 Å². The molecule has 0 aliphatic heterocycles. The molecule has 2 nitrogen and oxygen atoms in total. The number of nitrogens with zero attached hydrogens (tertiary/aromatic N) is 1. The van der Waals surface area contributed by atoms with Crippen molar-refractivity contribution in [1.29, 1.82) is 0 Å². The van der Waals surface area contributed by atoms with Crippen LogP contribution in [0.1, 0.15) is 22.3 Å². The largest absolute Gasteiger partial charge is 0.456 e. The summed E-state index contributed by atoms with van der Waals surface area (Å²) in [5.74, 6) is 0. The van der Waals surface area contributed by atoms with Gasteiger partial charge in [0, 0.05) is 16.6 Å². The second-order valence-electron chi connectivity index (χ2n) is 15.1. The molecule has 0 N–H and O–H groups in total. The van der Waals surface area contributed by atoms with Crippen LogP contribution in [0.15, 0.2) is 217 Å². The molecular formula is C55H35NO. The van der Waals surface area contributed by atoms with Crippen molar-refractivity contribution in [3.05, 3.63) is 235 Å². The Labute approximate surface area is 331 Å². The lowest BCUT2D eigenvalue weighted by molar-refractivity contribution is 0.669. The molecule has 0 bridgehead atoms. The van der Waals surface area contributed by atoms with Crippen LogP contribution in [-0.2, 0) is 5.41 Å². The molecule has 57 heavy (non-hydrogen) atoms. The molecule has 0 unspecified atom stereocenters. The molecule has 9 aromatic carbocycles. The summed E-state index contributed by atoms with van der Waals surface area (Å²) in [5.41, 5.74) is 19.5. The maximum absolute atomic E-state index is 6.53. The first-order valence-corrected chi connectivity index (χ1v) is 19.7. The molecule has 0 fully saturated rings. The molecule has 2 aliphatic carbocycles. The van der Waals surface area contributed by atoms with E-state index in [1.54, 1.807) is 0 Å². The summed E-state index contributed by atoms with van der Waals surface area (Å²) in [7, 11) is 0. The Kier molecular flexibility index (Phi) is 6.88. The van der Waals surface area contributed by atoms with Gasteiger partial charge in [-0.2, -0.15) is 0 Å². The molecular weight excluding hydrogens is 691 g/mol. The summed E-state index contributed by atoms with van der Waals surface area (Å²) < 4.78 is 6.53. The van der Waals surface area contributed by atoms with Gasteiger partial charge in [-0.1, -0.05) is 176 Å². The van der Waals surface area contributed by atoms with Crippen molar-refractivity contribution in [3.8, 4) is 44.5 Å². The summed E-state index contributed by atoms with van der Waals surface area (Å²) in [6.45, 7) is 0. The Morgan fingerprint density at radius 3 is 1.51 bits per heavy atom. The number of benzene rings is 9. The van der Waals surface area contributed by atoms with E-state index >= 15 is 0 Å². The highest BCUT2D eigenvalue weighted by Gasteiger charge is 2.50. The van der Waals surface area contributed by atoms with Crippen LogP contribution in [0.3, 0.4) is 0 Å². The van der Waals surface area contributed by atoms with Crippen molar-refractivity contribution >= 4 is 39.0 Å². The van der Waals surface area contributed by atoms with Crippen molar-refractivity contribution in [2.24, 2.45) is 0 Å². The molecule has 0 saturated carbocycles. The van der Waals surface area contributed by atoms with Gasteiger partial charge in [-0.3, -0.25) is 0 Å². The third-order valence-electron chi connectivity index (χ3n) is 12.3. The molecule has 2 aliphatic rings. The third-order valence-corrected chi connectivity index (χ3v) is 12.3. The Bertz CT molecular complexity index is 3140. The second-order valence-corrected chi connectivity index (χ2v) is 15.1. The standard InChI is InChI=1S/C55H35NO/c1-2-17-36(18-3-1)38-19-9-14-29-50(38)56(51-30-16-32-53-54(51)45-25-10-15-31-52(45)57-53)37-33-34-44-43-24-8-13-28-48(43)55(49(44)35-37)46-26-11-6-22-41(46)39-20-4-5-21-40(39)42-23-7-12-27-47(42)55/h1-35H. The predicted molar refractivity (Wildman–Crippen MR) is 236 cm³/mol. The van der Waals surface area contributed by atoms with Crippen LogP contribution in [0, 0.1) is 0 Å². The SMILES string of the molecule is c1ccc(-c2ccccc2N(c2ccc3c(c2)C2(c4ccccc4-c4ccccc4-c4ccccc42)c2ccccc2-3)c2cccc3oc4ccccc4c23)cc1. The normalized spacial score (nSPS) is 13.1. The van der Waals surface area contributed by atoms with Gasteiger partial charge in [-0.25, -0.2) is 0 Å². The van der Waals surface area contributed by atoms with E-state index in [0.29, 0.717) is 0 Å². The summed E-state index contributed by atoms with van der Waals surface area (Å²) in [6.07, 6.45) is 0. The first-order valence-electron chi connectivity index (χ1n) is 19.7. The van der Waals surface area contributed by atoms with E-state index in [-0.39, 0.29) is 0 Å². The van der Waals surface area contributed by atoms with E-state index in [1.807, 2.05) is 6.07 Å². The van der Waals surface area contributed by atoms with Crippen LogP contribution in [-0.4, -0.2) is 0 Å². The fourth-order valence-electron chi connectivity index (χ4n) is 10.1. The van der Waals surface area contributed by atoms with Crippen molar-refractivity contribution in [2.75, 3.05) is 4.90 Å². The van der Waals surface area contributed by atoms with Crippen molar-refractivity contribution in [2.45, 2.75) is 5.41 Å². The van der Waals surface area contributed by atoms with E-state index in [1.165, 1.54) is 55.6 Å². The Balaban J connectivity index is 1.21. The van der Waals surface area contributed by atoms with Gasteiger partial charge in [-0.15, -0.1) is 0 Å². The van der Waals surface area contributed by atoms with E-state index in [4.69, 9.17) is 4.42 Å². The van der Waals surface area contributed by atoms with Crippen LogP contribution < -0.4 is 4.90 Å². The van der Waals surface area contributed by atoms with Gasteiger partial charge < -0.3 is 9.32 Å². The highest BCUT2D eigenvalue weighted by Crippen LogP contribution is 2.62. The van der Waals surface area contributed by atoms with Crippen LogP contribution in [0.5, 0.6) is 0 Å². The monoisotopic (exact) mass is 725 g/mol. The number of hydrogen-bond donors (Lipinski definition) is 0. The number of rotatable bonds is 4. The van der Waals surface area contributed by atoms with Crippen LogP contribution in [0.4, 0.5) is 17.1 Å². The molecule has 1 spiro atoms. The molecule has 0 atom stereocenters. The Hall–Kier alpha value is -7.42. The second kappa shape index (κ2) is 12.3. The molecule has 2 heteroatoms. The first-order chi connectivity index (χ1) is 28.3. The van der Waals surface area contributed by atoms with E-state index in [2.05, 4.69) is 211 Å². The molecule has 10 aromatic rings. The maximum Gasteiger partial charge on any atom is 0.137 e. The number of anilines is 3. The fraction of sp³-hybridized carbons (Fsp3) is 0.0182. The fourth-order valence-corrected chi connectivity index (χ4v) is 10.1. The summed E-state index contributed by atoms with van der Waals surface area (Å²) in [4.78, 5) is 2.47. The zero-order valence-corrected chi connectivity index (χ0v) is 31.1. The van der Waals surface area contributed by atoms with Gasteiger partial charge in [0.2, 0.25) is 0 Å². The van der Waals surface area contributed by atoms with Gasteiger partial charge in [0.15, 0.2) is 0 Å². The molecule has 0 amide bonds. The van der Waals surface area contributed by atoms with E-state index in [9.17, 15) is 0 Å². The minimum Gasteiger partial charge on any atom is -0.456 e. The predicted octanol–water partition coefficient (Wildman–Crippen LogP) is 14.7. The highest BCUT2D eigenvalue weighted by atomic mass is 16.3. The van der Waals surface area contributed by atoms with E-state index in [0.717, 1.165) is 50.1 Å². The van der Waals surface area contributed by atoms with Crippen molar-refractivity contribution in [3.63, 3.8) is 0 Å². The average molecular weight is 726 g/mol. The first kappa shape index (κ1) is 31.9. The maximum atomic E-state index is 6.53. The van der Waals surface area contributed by atoms with Crippen LogP contribution in [0.2, 0.25) is 0 Å². The number of furan rings is 1. The zero-order chi connectivity index (χ0) is 37.5. The number of hydrogen-bond acceptors (Lipinski definition) is 2. The quantitative estimate of drug-likeness (QED) is 0.180. The average Bonchev–Trinajstić information content (AvgIpc) is 3.78. The Morgan fingerprint density at radius 2 is 0.825 bits per heavy atom. The summed E-state index contributed by atoms with van der Waals surface area (Å²) in [5, 5.41) is 2.19. The molecule has 1 heterocycles. The molecule has 1 aromatic heterocycles. The highest BCUT2D eigenvalue weighted by molar-refractivity contribution is 6.14. The van der Waals surface area contributed by atoms with Gasteiger partial charge >= 0.3 is 0 Å². The lowest BCUT2D eigenvalue weighted by Gasteiger charge is -2.36. The van der Waals surface area contributed by atoms with Crippen LogP contribution in [0.25, 0.3) is 66.4 Å². The smallest absolute Gasteiger partial charge is 0.137 e. The Morgan fingerprint density at radius 1 is 0.333 bits per heavy atom. The number of fused-ring (bicyclic) bond motifs is 15. The lowest BCUT2D eigenvalue weighted by atomic mass is 9.66. The van der Waals surface area contributed by atoms with Gasteiger partial charge in [0.1, 0.15) is 11.2 Å². The van der Waals surface area contributed by atoms with Crippen LogP contribution >= 0.6 is 0 Å². The molecule has 12 rings (SSSR count). The molecule has 0 radical (unpaired) electrons. The summed E-state index contributed by atoms with van der Waals surface area (Å²) in [6, 6.07) is 77.8. The lowest BCUT2D eigenvalue weighted by Crippen LogP contribution is -2.29. The minimum absolute atomic E-state index is 0.590.